The van der Waals surface area contributed by atoms with E-state index in [1.54, 1.807) is 0 Å². The van der Waals surface area contributed by atoms with Gasteiger partial charge in [-0.2, -0.15) is 0 Å². The number of nitrogens with one attached hydrogen (secondary N) is 2. The van der Waals surface area contributed by atoms with Crippen LogP contribution in [0.3, 0.4) is 0 Å². The fraction of sp³-hybridized carbons (Fsp3) is 0.429. The topological polar surface area (TPSA) is 84.2 Å². The molecule has 5 heteroatoms. The Labute approximate surface area is 113 Å². The van der Waals surface area contributed by atoms with E-state index in [0.717, 1.165) is 18.4 Å². The van der Waals surface area contributed by atoms with E-state index in [0.29, 0.717) is 0 Å². The summed E-state index contributed by atoms with van der Waals surface area (Å²) >= 11 is 0. The van der Waals surface area contributed by atoms with Gasteiger partial charge in [0.2, 0.25) is 11.8 Å². The van der Waals surface area contributed by atoms with Gasteiger partial charge in [0.25, 0.3) is 0 Å². The van der Waals surface area contributed by atoms with Crippen molar-refractivity contribution >= 4 is 11.8 Å². The highest BCUT2D eigenvalue weighted by Gasteiger charge is 2.13. The molecule has 4 N–H and O–H groups in total. The molecule has 0 saturated carbocycles. The van der Waals surface area contributed by atoms with Crippen molar-refractivity contribution < 1.29 is 9.59 Å². The zero-order valence-corrected chi connectivity index (χ0v) is 11.2. The molecule has 0 bridgehead atoms. The summed E-state index contributed by atoms with van der Waals surface area (Å²) in [5.74, 6) is -0.536. The normalized spacial score (nSPS) is 11.7. The first-order valence-corrected chi connectivity index (χ1v) is 6.48. The molecule has 2 amide bonds. The lowest BCUT2D eigenvalue weighted by Gasteiger charge is -2.18. The molecule has 0 radical (unpaired) electrons. The SMILES string of the molecule is CCCC(NC(=O)CNC(=O)CN)c1ccccc1. The van der Waals surface area contributed by atoms with Crippen molar-refractivity contribution in [3.05, 3.63) is 35.9 Å². The highest BCUT2D eigenvalue weighted by atomic mass is 16.2. The number of nitrogens with two attached hydrogens (primary N) is 1. The van der Waals surface area contributed by atoms with Gasteiger partial charge in [-0.15, -0.1) is 0 Å². The molecule has 0 aliphatic heterocycles. The Hall–Kier alpha value is -1.88. The number of carbonyl (C=O) groups is 2. The van der Waals surface area contributed by atoms with Crippen molar-refractivity contribution in [2.75, 3.05) is 13.1 Å². The molecule has 0 fully saturated rings. The van der Waals surface area contributed by atoms with E-state index in [4.69, 9.17) is 5.73 Å². The molecular formula is C14H21N3O2. The molecular weight excluding hydrogens is 242 g/mol. The molecule has 0 heterocycles. The molecule has 1 unspecified atom stereocenters. The second-order valence-electron chi connectivity index (χ2n) is 4.30. The van der Waals surface area contributed by atoms with Gasteiger partial charge >= 0.3 is 0 Å². The summed E-state index contributed by atoms with van der Waals surface area (Å²) in [6.07, 6.45) is 1.83. The van der Waals surface area contributed by atoms with Crippen LogP contribution >= 0.6 is 0 Å². The monoisotopic (exact) mass is 263 g/mol. The Kier molecular flexibility index (Phi) is 6.60. The van der Waals surface area contributed by atoms with Gasteiger partial charge in [0.05, 0.1) is 19.1 Å². The lowest BCUT2D eigenvalue weighted by Crippen LogP contribution is -2.40. The maximum atomic E-state index is 11.8. The van der Waals surface area contributed by atoms with E-state index in [9.17, 15) is 9.59 Å². The van der Waals surface area contributed by atoms with Gasteiger partial charge in [-0.25, -0.2) is 0 Å². The summed E-state index contributed by atoms with van der Waals surface area (Å²) in [6.45, 7) is 1.92. The summed E-state index contributed by atoms with van der Waals surface area (Å²) in [4.78, 5) is 22.7. The fourth-order valence-electron chi connectivity index (χ4n) is 1.79. The average Bonchev–Trinajstić information content (AvgIpc) is 2.45. The van der Waals surface area contributed by atoms with E-state index < -0.39 is 0 Å². The zero-order chi connectivity index (χ0) is 14.1. The van der Waals surface area contributed by atoms with Gasteiger partial charge in [0.1, 0.15) is 0 Å². The van der Waals surface area contributed by atoms with Crippen LogP contribution in [0, 0.1) is 0 Å². The number of amides is 2. The maximum absolute atomic E-state index is 11.8. The molecule has 1 aromatic carbocycles. The van der Waals surface area contributed by atoms with Crippen molar-refractivity contribution in [2.45, 2.75) is 25.8 Å². The quantitative estimate of drug-likeness (QED) is 0.677. The molecule has 1 rings (SSSR count). The van der Waals surface area contributed by atoms with Crippen LogP contribution < -0.4 is 16.4 Å². The first-order chi connectivity index (χ1) is 9.17. The molecule has 0 aromatic heterocycles. The first-order valence-electron chi connectivity index (χ1n) is 6.48. The Morgan fingerprint density at radius 3 is 2.47 bits per heavy atom. The molecule has 19 heavy (non-hydrogen) atoms. The van der Waals surface area contributed by atoms with Crippen LogP contribution in [-0.4, -0.2) is 24.9 Å². The summed E-state index contributed by atoms with van der Waals surface area (Å²) in [6, 6.07) is 9.78. The van der Waals surface area contributed by atoms with Crippen LogP contribution in [0.1, 0.15) is 31.4 Å². The van der Waals surface area contributed by atoms with E-state index >= 15 is 0 Å². The Morgan fingerprint density at radius 1 is 1.21 bits per heavy atom. The number of hydrogen-bond donors (Lipinski definition) is 3. The first kappa shape index (κ1) is 15.2. The van der Waals surface area contributed by atoms with Crippen LogP contribution in [0.4, 0.5) is 0 Å². The molecule has 0 aliphatic carbocycles. The second kappa shape index (κ2) is 8.26. The van der Waals surface area contributed by atoms with Gasteiger partial charge < -0.3 is 16.4 Å². The molecule has 0 aliphatic rings. The molecule has 0 spiro atoms. The summed E-state index contributed by atoms with van der Waals surface area (Å²) in [5.41, 5.74) is 6.23. The van der Waals surface area contributed by atoms with E-state index in [1.165, 1.54) is 0 Å². The van der Waals surface area contributed by atoms with Gasteiger partial charge in [0.15, 0.2) is 0 Å². The van der Waals surface area contributed by atoms with Crippen molar-refractivity contribution in [1.29, 1.82) is 0 Å². The maximum Gasteiger partial charge on any atom is 0.239 e. The van der Waals surface area contributed by atoms with Crippen LogP contribution in [-0.2, 0) is 9.59 Å². The van der Waals surface area contributed by atoms with Crippen LogP contribution in [0.2, 0.25) is 0 Å². The van der Waals surface area contributed by atoms with E-state index in [1.807, 2.05) is 30.3 Å². The summed E-state index contributed by atoms with van der Waals surface area (Å²) in [7, 11) is 0. The van der Waals surface area contributed by atoms with Gasteiger partial charge in [-0.3, -0.25) is 9.59 Å². The fourth-order valence-corrected chi connectivity index (χ4v) is 1.79. The third-order valence-corrected chi connectivity index (χ3v) is 2.75. The second-order valence-corrected chi connectivity index (χ2v) is 4.30. The van der Waals surface area contributed by atoms with Gasteiger partial charge in [-0.1, -0.05) is 43.7 Å². The molecule has 1 aromatic rings. The molecule has 104 valence electrons. The zero-order valence-electron chi connectivity index (χ0n) is 11.2. The number of carbonyl (C=O) groups excluding carboxylic acids is 2. The minimum atomic E-state index is -0.332. The van der Waals surface area contributed by atoms with Crippen molar-refractivity contribution in [2.24, 2.45) is 5.73 Å². The standard InChI is InChI=1S/C14H21N3O2/c1-2-6-12(11-7-4-3-5-8-11)17-14(19)10-16-13(18)9-15/h3-5,7-8,12H,2,6,9-10,15H2,1H3,(H,16,18)(H,17,19). The van der Waals surface area contributed by atoms with Gasteiger partial charge in [0, 0.05) is 0 Å². The molecule has 1 atom stereocenters. The summed E-state index contributed by atoms with van der Waals surface area (Å²) in [5, 5.41) is 5.37. The van der Waals surface area contributed by atoms with E-state index in [-0.39, 0.29) is 30.9 Å². The van der Waals surface area contributed by atoms with Crippen molar-refractivity contribution in [3.63, 3.8) is 0 Å². The molecule has 0 saturated heterocycles. The van der Waals surface area contributed by atoms with Crippen LogP contribution in [0.25, 0.3) is 0 Å². The lowest BCUT2D eigenvalue weighted by atomic mass is 10.0. The number of rotatable bonds is 7. The predicted molar refractivity (Wildman–Crippen MR) is 74.3 cm³/mol. The van der Waals surface area contributed by atoms with Crippen molar-refractivity contribution in [3.8, 4) is 0 Å². The Balaban J connectivity index is 2.54. The average molecular weight is 263 g/mol. The minimum absolute atomic E-state index is 0.0199. The highest BCUT2D eigenvalue weighted by molar-refractivity contribution is 5.85. The largest absolute Gasteiger partial charge is 0.348 e. The third-order valence-electron chi connectivity index (χ3n) is 2.75. The van der Waals surface area contributed by atoms with E-state index in [2.05, 4.69) is 17.6 Å². The Morgan fingerprint density at radius 2 is 1.89 bits per heavy atom. The molecule has 5 nitrogen and oxygen atoms in total. The van der Waals surface area contributed by atoms with Crippen molar-refractivity contribution in [1.82, 2.24) is 10.6 Å². The third kappa shape index (κ3) is 5.52. The summed E-state index contributed by atoms with van der Waals surface area (Å²) < 4.78 is 0. The van der Waals surface area contributed by atoms with Gasteiger partial charge in [-0.05, 0) is 12.0 Å². The number of benzene rings is 1. The number of hydrogen-bond acceptors (Lipinski definition) is 3. The van der Waals surface area contributed by atoms with Crippen LogP contribution in [0.15, 0.2) is 30.3 Å². The van der Waals surface area contributed by atoms with Crippen LogP contribution in [0.5, 0.6) is 0 Å². The minimum Gasteiger partial charge on any atom is -0.348 e. The smallest absolute Gasteiger partial charge is 0.239 e. The predicted octanol–water partition coefficient (Wildman–Crippen LogP) is 0.719. The lowest BCUT2D eigenvalue weighted by molar-refractivity contribution is -0.125. The Bertz CT molecular complexity index is 406. The highest BCUT2D eigenvalue weighted by Crippen LogP contribution is 2.17.